The van der Waals surface area contributed by atoms with Crippen molar-refractivity contribution < 1.29 is 14.3 Å². The van der Waals surface area contributed by atoms with Crippen LogP contribution in [-0.2, 0) is 16.1 Å². The second-order valence-electron chi connectivity index (χ2n) is 5.24. The SMILES string of the molecule is COc1ccc(C#CCN)cc1CN1C(=O)C2CC2C1=O. The van der Waals surface area contributed by atoms with E-state index in [2.05, 4.69) is 11.8 Å². The lowest BCUT2D eigenvalue weighted by atomic mass is 10.1. The number of amides is 2. The molecule has 2 atom stereocenters. The average Bonchev–Trinajstić information content (AvgIpc) is 3.25. The van der Waals surface area contributed by atoms with Crippen LogP contribution in [0, 0.1) is 23.7 Å². The van der Waals surface area contributed by atoms with Crippen molar-refractivity contribution in [1.82, 2.24) is 4.90 Å². The molecule has 108 valence electrons. The molecule has 2 fully saturated rings. The Morgan fingerprint density at radius 3 is 2.67 bits per heavy atom. The van der Waals surface area contributed by atoms with Gasteiger partial charge in [0.05, 0.1) is 32.0 Å². The van der Waals surface area contributed by atoms with E-state index in [9.17, 15) is 9.59 Å². The molecule has 2 N–H and O–H groups in total. The van der Waals surface area contributed by atoms with Crippen molar-refractivity contribution in [2.75, 3.05) is 13.7 Å². The van der Waals surface area contributed by atoms with Crippen LogP contribution in [0.2, 0.25) is 0 Å². The van der Waals surface area contributed by atoms with Crippen LogP contribution in [-0.4, -0.2) is 30.4 Å². The van der Waals surface area contributed by atoms with Gasteiger partial charge in [-0.15, -0.1) is 0 Å². The van der Waals surface area contributed by atoms with Gasteiger partial charge in [0.25, 0.3) is 0 Å². The predicted molar refractivity (Wildman–Crippen MR) is 76.1 cm³/mol. The molecule has 1 saturated heterocycles. The minimum atomic E-state index is -0.0799. The topological polar surface area (TPSA) is 72.6 Å². The second kappa shape index (κ2) is 5.23. The summed E-state index contributed by atoms with van der Waals surface area (Å²) in [5.41, 5.74) is 6.94. The largest absolute Gasteiger partial charge is 0.496 e. The van der Waals surface area contributed by atoms with Gasteiger partial charge in [-0.1, -0.05) is 11.8 Å². The highest BCUT2D eigenvalue weighted by molar-refractivity contribution is 6.08. The quantitative estimate of drug-likeness (QED) is 0.648. The van der Waals surface area contributed by atoms with E-state index in [1.807, 2.05) is 12.1 Å². The predicted octanol–water partition coefficient (Wildman–Crippen LogP) is 0.510. The Kier molecular flexibility index (Phi) is 3.40. The maximum absolute atomic E-state index is 12.0. The Morgan fingerprint density at radius 1 is 1.33 bits per heavy atom. The van der Waals surface area contributed by atoms with E-state index in [1.54, 1.807) is 13.2 Å². The molecule has 5 nitrogen and oxygen atoms in total. The number of nitrogens with zero attached hydrogens (tertiary/aromatic N) is 1. The number of piperidine rings is 1. The molecule has 2 amide bonds. The highest BCUT2D eigenvalue weighted by Crippen LogP contribution is 2.47. The fraction of sp³-hybridized carbons (Fsp3) is 0.375. The summed E-state index contributed by atoms with van der Waals surface area (Å²) in [5, 5.41) is 0. The summed E-state index contributed by atoms with van der Waals surface area (Å²) >= 11 is 0. The summed E-state index contributed by atoms with van der Waals surface area (Å²) in [6.45, 7) is 0.528. The van der Waals surface area contributed by atoms with Gasteiger partial charge in [-0.25, -0.2) is 0 Å². The molecule has 0 bridgehead atoms. The first kappa shape index (κ1) is 13.7. The number of likely N-dealkylation sites (tertiary alicyclic amines) is 1. The first-order valence-corrected chi connectivity index (χ1v) is 6.86. The van der Waals surface area contributed by atoms with Crippen molar-refractivity contribution in [3.8, 4) is 17.6 Å². The molecule has 1 aromatic rings. The number of nitrogens with two attached hydrogens (primary N) is 1. The Hall–Kier alpha value is -2.32. The van der Waals surface area contributed by atoms with Crippen LogP contribution >= 0.6 is 0 Å². The van der Waals surface area contributed by atoms with Gasteiger partial charge in [-0.2, -0.15) is 0 Å². The van der Waals surface area contributed by atoms with Crippen molar-refractivity contribution >= 4 is 11.8 Å². The summed E-state index contributed by atoms with van der Waals surface area (Å²) < 4.78 is 5.30. The lowest BCUT2D eigenvalue weighted by Gasteiger charge is -2.18. The number of carbonyl (C=O) groups excluding carboxylic acids is 2. The molecule has 0 aromatic heterocycles. The lowest BCUT2D eigenvalue weighted by molar-refractivity contribution is -0.142. The summed E-state index contributed by atoms with van der Waals surface area (Å²) in [6, 6.07) is 5.46. The zero-order chi connectivity index (χ0) is 15.0. The molecule has 0 radical (unpaired) electrons. The van der Waals surface area contributed by atoms with E-state index in [-0.39, 0.29) is 36.7 Å². The number of rotatable bonds is 3. The van der Waals surface area contributed by atoms with Gasteiger partial charge < -0.3 is 10.5 Å². The summed E-state index contributed by atoms with van der Waals surface area (Å²) in [4.78, 5) is 25.4. The van der Waals surface area contributed by atoms with E-state index in [4.69, 9.17) is 10.5 Å². The molecule has 1 aliphatic heterocycles. The highest BCUT2D eigenvalue weighted by atomic mass is 16.5. The molecular weight excluding hydrogens is 268 g/mol. The second-order valence-corrected chi connectivity index (χ2v) is 5.24. The minimum absolute atomic E-state index is 0.0644. The number of hydrogen-bond donors (Lipinski definition) is 1. The fourth-order valence-corrected chi connectivity index (χ4v) is 2.71. The van der Waals surface area contributed by atoms with Crippen molar-refractivity contribution in [2.24, 2.45) is 17.6 Å². The third-order valence-electron chi connectivity index (χ3n) is 3.90. The van der Waals surface area contributed by atoms with Crippen LogP contribution in [0.5, 0.6) is 5.75 Å². The van der Waals surface area contributed by atoms with Gasteiger partial charge in [0.2, 0.25) is 11.8 Å². The molecule has 2 unspecified atom stereocenters. The zero-order valence-corrected chi connectivity index (χ0v) is 11.8. The van der Waals surface area contributed by atoms with Gasteiger partial charge in [0, 0.05) is 11.1 Å². The monoisotopic (exact) mass is 284 g/mol. The van der Waals surface area contributed by atoms with E-state index in [0.717, 1.165) is 11.1 Å². The number of carbonyl (C=O) groups is 2. The van der Waals surface area contributed by atoms with Crippen LogP contribution in [0.1, 0.15) is 17.5 Å². The molecule has 1 heterocycles. The van der Waals surface area contributed by atoms with Gasteiger partial charge in [-0.3, -0.25) is 14.5 Å². The number of fused-ring (bicyclic) bond motifs is 1. The van der Waals surface area contributed by atoms with Gasteiger partial charge in [0.15, 0.2) is 0 Å². The highest BCUT2D eigenvalue weighted by Gasteiger charge is 2.58. The van der Waals surface area contributed by atoms with Gasteiger partial charge in [-0.05, 0) is 24.6 Å². The number of imide groups is 1. The molecule has 3 rings (SSSR count). The number of methoxy groups -OCH3 is 1. The smallest absolute Gasteiger partial charge is 0.233 e. The van der Waals surface area contributed by atoms with Crippen LogP contribution in [0.4, 0.5) is 0 Å². The fourth-order valence-electron chi connectivity index (χ4n) is 2.71. The Labute approximate surface area is 123 Å². The van der Waals surface area contributed by atoms with Crippen molar-refractivity contribution in [3.63, 3.8) is 0 Å². The number of ether oxygens (including phenoxy) is 1. The number of hydrogen-bond acceptors (Lipinski definition) is 4. The Morgan fingerprint density at radius 2 is 2.05 bits per heavy atom. The van der Waals surface area contributed by atoms with Crippen LogP contribution < -0.4 is 10.5 Å². The summed E-state index contributed by atoms with van der Waals surface area (Å²) in [6.07, 6.45) is 0.716. The first-order valence-electron chi connectivity index (χ1n) is 6.86. The summed E-state index contributed by atoms with van der Waals surface area (Å²) in [7, 11) is 1.56. The Bertz CT molecular complexity index is 652. The number of benzene rings is 1. The van der Waals surface area contributed by atoms with Gasteiger partial charge in [0.1, 0.15) is 5.75 Å². The van der Waals surface area contributed by atoms with Crippen LogP contribution in [0.15, 0.2) is 18.2 Å². The normalized spacial score (nSPS) is 22.7. The van der Waals surface area contributed by atoms with Crippen LogP contribution in [0.25, 0.3) is 0 Å². The Balaban J connectivity index is 1.86. The van der Waals surface area contributed by atoms with Gasteiger partial charge >= 0.3 is 0 Å². The standard InChI is InChI=1S/C16H16N2O3/c1-21-14-5-4-10(3-2-6-17)7-11(14)9-18-15(19)12-8-13(12)16(18)20/h4-5,7,12-13H,6,8-9,17H2,1H3. The molecule has 2 aliphatic rings. The van der Waals surface area contributed by atoms with Crippen molar-refractivity contribution in [1.29, 1.82) is 0 Å². The maximum Gasteiger partial charge on any atom is 0.233 e. The van der Waals surface area contributed by atoms with Crippen molar-refractivity contribution in [3.05, 3.63) is 29.3 Å². The van der Waals surface area contributed by atoms with E-state index >= 15 is 0 Å². The molecule has 21 heavy (non-hydrogen) atoms. The lowest BCUT2D eigenvalue weighted by Crippen LogP contribution is -2.32. The molecule has 1 aliphatic carbocycles. The van der Waals surface area contributed by atoms with E-state index in [0.29, 0.717) is 12.2 Å². The zero-order valence-electron chi connectivity index (χ0n) is 11.8. The molecule has 0 spiro atoms. The van der Waals surface area contributed by atoms with Crippen LogP contribution in [0.3, 0.4) is 0 Å². The van der Waals surface area contributed by atoms with E-state index < -0.39 is 0 Å². The minimum Gasteiger partial charge on any atom is -0.496 e. The molecule has 1 saturated carbocycles. The average molecular weight is 284 g/mol. The summed E-state index contributed by atoms with van der Waals surface area (Å²) in [5.74, 6) is 6.09. The first-order chi connectivity index (χ1) is 10.2. The third kappa shape index (κ3) is 2.39. The third-order valence-corrected chi connectivity index (χ3v) is 3.90. The van der Waals surface area contributed by atoms with E-state index in [1.165, 1.54) is 4.90 Å². The van der Waals surface area contributed by atoms with Crippen molar-refractivity contribution in [2.45, 2.75) is 13.0 Å². The molecular formula is C16H16N2O3. The maximum atomic E-state index is 12.0. The molecule has 1 aromatic carbocycles. The molecule has 5 heteroatoms.